The van der Waals surface area contributed by atoms with Crippen molar-refractivity contribution >= 4 is 15.9 Å². The summed E-state index contributed by atoms with van der Waals surface area (Å²) in [4.78, 5) is 14.1. The fraction of sp³-hybridized carbons (Fsp3) is 0.444. The Morgan fingerprint density at radius 2 is 1.72 bits per heavy atom. The van der Waals surface area contributed by atoms with Crippen LogP contribution in [-0.4, -0.2) is 54.9 Å². The number of rotatable bonds is 4. The molecule has 2 aromatic rings. The monoisotopic (exact) mass is 431 g/mol. The third-order valence-electron chi connectivity index (χ3n) is 4.83. The normalized spacial score (nSPS) is 16.2. The number of sulfonamides is 1. The lowest BCUT2D eigenvalue weighted by molar-refractivity contribution is -0.137. The highest BCUT2D eigenvalue weighted by atomic mass is 32.2. The molecule has 0 unspecified atom stereocenters. The zero-order valence-electron chi connectivity index (χ0n) is 15.9. The van der Waals surface area contributed by atoms with Gasteiger partial charge >= 0.3 is 6.18 Å². The van der Waals surface area contributed by atoms with Gasteiger partial charge in [-0.15, -0.1) is 0 Å². The maximum absolute atomic E-state index is 12.8. The van der Waals surface area contributed by atoms with Crippen molar-refractivity contribution in [3.8, 4) is 0 Å². The molecule has 1 saturated heterocycles. The van der Waals surface area contributed by atoms with Gasteiger partial charge in [-0.2, -0.15) is 17.5 Å². The van der Waals surface area contributed by atoms with E-state index < -0.39 is 21.8 Å². The molecule has 1 aromatic heterocycles. The molecular weight excluding hydrogens is 411 g/mol. The van der Waals surface area contributed by atoms with Gasteiger partial charge in [0, 0.05) is 26.2 Å². The fourth-order valence-corrected chi connectivity index (χ4v) is 4.61. The molecular formula is C18H20F3N3O4S. The Bertz CT molecular complexity index is 992. The van der Waals surface area contributed by atoms with Crippen LogP contribution in [0.25, 0.3) is 0 Å². The predicted molar refractivity (Wildman–Crippen MR) is 96.7 cm³/mol. The minimum Gasteiger partial charge on any atom is -0.361 e. The van der Waals surface area contributed by atoms with E-state index in [9.17, 15) is 26.4 Å². The van der Waals surface area contributed by atoms with E-state index in [0.29, 0.717) is 23.4 Å². The Hall–Kier alpha value is -2.40. The summed E-state index contributed by atoms with van der Waals surface area (Å²) in [5.74, 6) is 0.138. The first-order chi connectivity index (χ1) is 13.6. The molecule has 1 amide bonds. The number of aromatic nitrogens is 1. The minimum atomic E-state index is -4.54. The van der Waals surface area contributed by atoms with Gasteiger partial charge in [0.05, 0.1) is 16.2 Å². The Morgan fingerprint density at radius 1 is 1.14 bits per heavy atom. The second-order valence-electron chi connectivity index (χ2n) is 6.63. The summed E-state index contributed by atoms with van der Waals surface area (Å²) in [5, 5.41) is 3.86. The summed E-state index contributed by atoms with van der Waals surface area (Å²) in [6, 6.07) is 3.38. The van der Waals surface area contributed by atoms with Crippen molar-refractivity contribution in [3.05, 3.63) is 46.8 Å². The Kier molecular flexibility index (Phi) is 5.72. The molecule has 0 radical (unpaired) electrons. The van der Waals surface area contributed by atoms with Crippen molar-refractivity contribution in [1.29, 1.82) is 0 Å². The van der Waals surface area contributed by atoms with Gasteiger partial charge < -0.3 is 9.42 Å². The number of alkyl halides is 3. The van der Waals surface area contributed by atoms with E-state index in [0.717, 1.165) is 24.3 Å². The van der Waals surface area contributed by atoms with Crippen LogP contribution in [0.15, 0.2) is 33.7 Å². The third-order valence-corrected chi connectivity index (χ3v) is 6.74. The van der Waals surface area contributed by atoms with E-state index >= 15 is 0 Å². The van der Waals surface area contributed by atoms with E-state index in [-0.39, 0.29) is 37.0 Å². The van der Waals surface area contributed by atoms with Crippen LogP contribution in [0.1, 0.15) is 34.3 Å². The first-order valence-corrected chi connectivity index (χ1v) is 10.4. The molecule has 1 aliphatic rings. The molecule has 7 nitrogen and oxygen atoms in total. The number of carbonyl (C=O) groups excluding carboxylic acids is 1. The molecule has 11 heteroatoms. The predicted octanol–water partition coefficient (Wildman–Crippen LogP) is 2.71. The molecule has 0 N–H and O–H groups in total. The number of nitrogens with zero attached hydrogens (tertiary/aromatic N) is 3. The Labute approximate surface area is 166 Å². The van der Waals surface area contributed by atoms with Gasteiger partial charge in [-0.3, -0.25) is 4.79 Å². The molecule has 0 saturated carbocycles. The molecule has 2 heterocycles. The smallest absolute Gasteiger partial charge is 0.361 e. The summed E-state index contributed by atoms with van der Waals surface area (Å²) in [6.45, 7) is 3.90. The lowest BCUT2D eigenvalue weighted by Crippen LogP contribution is -2.50. The molecule has 0 bridgehead atoms. The largest absolute Gasteiger partial charge is 0.416 e. The molecule has 1 fully saturated rings. The standard InChI is InChI=1S/C18H20F3N3O4S/c1-3-15-16(12(2)28-22-15)17(25)23-8-10-24(11-9-23)29(26,27)14-6-4-13(5-7-14)18(19,20)21/h4-7H,3,8-11H2,1-2H3. The van der Waals surface area contributed by atoms with Gasteiger partial charge in [-0.05, 0) is 37.6 Å². The SMILES string of the molecule is CCc1noc(C)c1C(=O)N1CCN(S(=O)(=O)c2ccc(C(F)(F)F)cc2)CC1. The highest BCUT2D eigenvalue weighted by Crippen LogP contribution is 2.30. The molecule has 1 aromatic carbocycles. The molecule has 1 aliphatic heterocycles. The summed E-state index contributed by atoms with van der Waals surface area (Å²) in [5.41, 5.74) is 0.0292. The second-order valence-corrected chi connectivity index (χ2v) is 8.57. The van der Waals surface area contributed by atoms with Gasteiger partial charge in [-0.25, -0.2) is 8.42 Å². The number of piperazine rings is 1. The number of carbonyl (C=O) groups is 1. The fourth-order valence-electron chi connectivity index (χ4n) is 3.19. The number of benzene rings is 1. The molecule has 158 valence electrons. The highest BCUT2D eigenvalue weighted by molar-refractivity contribution is 7.89. The van der Waals surface area contributed by atoms with Gasteiger partial charge in [0.2, 0.25) is 10.0 Å². The van der Waals surface area contributed by atoms with Gasteiger partial charge in [0.1, 0.15) is 11.3 Å². The number of halogens is 3. The van der Waals surface area contributed by atoms with E-state index in [1.807, 2.05) is 6.92 Å². The lowest BCUT2D eigenvalue weighted by atomic mass is 10.1. The van der Waals surface area contributed by atoms with Crippen LogP contribution in [0.2, 0.25) is 0 Å². The summed E-state index contributed by atoms with van der Waals surface area (Å²) in [7, 11) is -3.95. The van der Waals surface area contributed by atoms with Crippen LogP contribution in [-0.2, 0) is 22.6 Å². The van der Waals surface area contributed by atoms with Crippen LogP contribution in [0.3, 0.4) is 0 Å². The zero-order chi connectivity index (χ0) is 21.4. The highest BCUT2D eigenvalue weighted by Gasteiger charge is 2.34. The van der Waals surface area contributed by atoms with Crippen LogP contribution in [0.4, 0.5) is 13.2 Å². The van der Waals surface area contributed by atoms with Crippen molar-refractivity contribution in [2.75, 3.05) is 26.2 Å². The molecule has 0 aliphatic carbocycles. The van der Waals surface area contributed by atoms with E-state index in [4.69, 9.17) is 4.52 Å². The first kappa shape index (κ1) is 21.3. The molecule has 0 atom stereocenters. The molecule has 0 spiro atoms. The summed E-state index contributed by atoms with van der Waals surface area (Å²) in [6.07, 6.45) is -4.01. The van der Waals surface area contributed by atoms with Crippen molar-refractivity contribution in [2.45, 2.75) is 31.3 Å². The van der Waals surface area contributed by atoms with Crippen molar-refractivity contribution in [3.63, 3.8) is 0 Å². The van der Waals surface area contributed by atoms with Gasteiger partial charge in [0.25, 0.3) is 5.91 Å². The second kappa shape index (κ2) is 7.79. The quantitative estimate of drug-likeness (QED) is 0.743. The topological polar surface area (TPSA) is 83.7 Å². The first-order valence-electron chi connectivity index (χ1n) is 8.97. The van der Waals surface area contributed by atoms with Crippen molar-refractivity contribution < 1.29 is 30.9 Å². The van der Waals surface area contributed by atoms with Crippen LogP contribution >= 0.6 is 0 Å². The van der Waals surface area contributed by atoms with Crippen LogP contribution in [0.5, 0.6) is 0 Å². The van der Waals surface area contributed by atoms with Gasteiger partial charge in [-0.1, -0.05) is 12.1 Å². The summed E-state index contributed by atoms with van der Waals surface area (Å²) < 4.78 is 69.7. The van der Waals surface area contributed by atoms with Crippen LogP contribution in [0, 0.1) is 6.92 Å². The summed E-state index contributed by atoms with van der Waals surface area (Å²) >= 11 is 0. The number of hydrogen-bond acceptors (Lipinski definition) is 5. The number of aryl methyl sites for hydroxylation is 2. The van der Waals surface area contributed by atoms with Gasteiger partial charge in [0.15, 0.2) is 0 Å². The average Bonchev–Trinajstić information content (AvgIpc) is 3.07. The van der Waals surface area contributed by atoms with E-state index in [1.54, 1.807) is 6.92 Å². The number of hydrogen-bond donors (Lipinski definition) is 0. The van der Waals surface area contributed by atoms with Crippen LogP contribution < -0.4 is 0 Å². The zero-order valence-corrected chi connectivity index (χ0v) is 16.7. The van der Waals surface area contributed by atoms with E-state index in [2.05, 4.69) is 5.16 Å². The van der Waals surface area contributed by atoms with Crippen molar-refractivity contribution in [1.82, 2.24) is 14.4 Å². The van der Waals surface area contributed by atoms with E-state index in [1.165, 1.54) is 9.21 Å². The average molecular weight is 431 g/mol. The minimum absolute atomic E-state index is 0.0425. The third kappa shape index (κ3) is 4.15. The maximum atomic E-state index is 12.8. The maximum Gasteiger partial charge on any atom is 0.416 e. The Morgan fingerprint density at radius 3 is 2.24 bits per heavy atom. The lowest BCUT2D eigenvalue weighted by Gasteiger charge is -2.34. The number of amides is 1. The van der Waals surface area contributed by atoms with Crippen molar-refractivity contribution in [2.24, 2.45) is 0 Å². The molecule has 3 rings (SSSR count). The Balaban J connectivity index is 1.71. The molecule has 29 heavy (non-hydrogen) atoms.